The molecule has 4 rings (SSSR count). The van der Waals surface area contributed by atoms with Crippen LogP contribution in [-0.4, -0.2) is 16.0 Å². The third-order valence-corrected chi connectivity index (χ3v) is 4.76. The molecule has 2 aromatic heterocycles. The van der Waals surface area contributed by atoms with Crippen LogP contribution >= 0.6 is 0 Å². The molecule has 2 heterocycles. The van der Waals surface area contributed by atoms with E-state index < -0.39 is 0 Å². The summed E-state index contributed by atoms with van der Waals surface area (Å²) in [5, 5.41) is 7.19. The number of pyridine rings is 1. The number of hydrogen-bond acceptors (Lipinski definition) is 4. The van der Waals surface area contributed by atoms with Gasteiger partial charge in [0.15, 0.2) is 0 Å². The molecule has 144 valence electrons. The van der Waals surface area contributed by atoms with Crippen LogP contribution in [0.25, 0.3) is 22.4 Å². The van der Waals surface area contributed by atoms with Gasteiger partial charge in [0, 0.05) is 18.0 Å². The average Bonchev–Trinajstić information content (AvgIpc) is 3.12. The first-order chi connectivity index (χ1) is 14.1. The Bertz CT molecular complexity index is 1140. The summed E-state index contributed by atoms with van der Waals surface area (Å²) in [6, 6.07) is 19.5. The number of nitrogens with zero attached hydrogens (tertiary/aromatic N) is 2. The van der Waals surface area contributed by atoms with E-state index in [1.54, 1.807) is 12.4 Å². The van der Waals surface area contributed by atoms with Gasteiger partial charge in [0.25, 0.3) is 0 Å². The smallest absolute Gasteiger partial charge is 0.239 e. The van der Waals surface area contributed by atoms with E-state index in [0.717, 1.165) is 27.8 Å². The summed E-state index contributed by atoms with van der Waals surface area (Å²) < 4.78 is 5.60. The number of rotatable bonds is 5. The van der Waals surface area contributed by atoms with Gasteiger partial charge in [0.2, 0.25) is 11.8 Å². The number of anilines is 1. The summed E-state index contributed by atoms with van der Waals surface area (Å²) in [5.74, 6) is 0.182. The Morgan fingerprint density at radius 2 is 1.76 bits per heavy atom. The number of carbonyl (C=O) groups is 1. The molecule has 0 radical (unpaired) electrons. The van der Waals surface area contributed by atoms with Crippen LogP contribution in [0.2, 0.25) is 0 Å². The molecular formula is C24H21N3O2. The lowest BCUT2D eigenvalue weighted by Crippen LogP contribution is -2.14. The predicted octanol–water partition coefficient (Wildman–Crippen LogP) is 5.20. The van der Waals surface area contributed by atoms with Crippen LogP contribution in [0.3, 0.4) is 0 Å². The number of aryl methyl sites for hydroxylation is 2. The normalized spacial score (nSPS) is 10.7. The molecule has 0 saturated heterocycles. The SMILES string of the molecule is Cc1ccc(-c2noc(NC(=O)Cc3ccccc3)c2-c2ccncc2)c(C)c1. The molecule has 0 saturated carbocycles. The first-order valence-corrected chi connectivity index (χ1v) is 9.43. The van der Waals surface area contributed by atoms with E-state index in [0.29, 0.717) is 11.6 Å². The summed E-state index contributed by atoms with van der Waals surface area (Å²) in [5.41, 5.74) is 6.50. The van der Waals surface area contributed by atoms with Crippen molar-refractivity contribution in [3.8, 4) is 22.4 Å². The highest BCUT2D eigenvalue weighted by Gasteiger charge is 2.22. The number of hydrogen-bond donors (Lipinski definition) is 1. The van der Waals surface area contributed by atoms with E-state index in [1.165, 1.54) is 5.56 Å². The Morgan fingerprint density at radius 1 is 1.00 bits per heavy atom. The van der Waals surface area contributed by atoms with Gasteiger partial charge >= 0.3 is 0 Å². The van der Waals surface area contributed by atoms with Crippen LogP contribution in [0, 0.1) is 13.8 Å². The molecule has 4 aromatic rings. The molecule has 0 atom stereocenters. The Morgan fingerprint density at radius 3 is 2.48 bits per heavy atom. The van der Waals surface area contributed by atoms with Gasteiger partial charge in [-0.2, -0.15) is 0 Å². The molecule has 29 heavy (non-hydrogen) atoms. The topological polar surface area (TPSA) is 68.0 Å². The fourth-order valence-electron chi connectivity index (χ4n) is 3.38. The summed E-state index contributed by atoms with van der Waals surface area (Å²) in [7, 11) is 0. The zero-order chi connectivity index (χ0) is 20.2. The molecule has 1 N–H and O–H groups in total. The highest BCUT2D eigenvalue weighted by atomic mass is 16.5. The highest BCUT2D eigenvalue weighted by molar-refractivity contribution is 5.98. The van der Waals surface area contributed by atoms with Crippen LogP contribution in [-0.2, 0) is 11.2 Å². The van der Waals surface area contributed by atoms with Gasteiger partial charge in [-0.05, 0) is 42.7 Å². The zero-order valence-corrected chi connectivity index (χ0v) is 16.3. The van der Waals surface area contributed by atoms with E-state index in [-0.39, 0.29) is 12.3 Å². The Balaban J connectivity index is 1.73. The van der Waals surface area contributed by atoms with Crippen molar-refractivity contribution in [2.75, 3.05) is 5.32 Å². The van der Waals surface area contributed by atoms with Gasteiger partial charge < -0.3 is 4.52 Å². The zero-order valence-electron chi connectivity index (χ0n) is 16.3. The van der Waals surface area contributed by atoms with Gasteiger partial charge in [0.1, 0.15) is 5.69 Å². The Labute approximate surface area is 169 Å². The minimum atomic E-state index is -0.158. The molecule has 2 aromatic carbocycles. The molecule has 5 nitrogen and oxygen atoms in total. The summed E-state index contributed by atoms with van der Waals surface area (Å²) in [6.07, 6.45) is 3.68. The van der Waals surface area contributed by atoms with Crippen molar-refractivity contribution in [1.29, 1.82) is 0 Å². The minimum Gasteiger partial charge on any atom is -0.337 e. The molecule has 0 fully saturated rings. The average molecular weight is 383 g/mol. The van der Waals surface area contributed by atoms with E-state index in [1.807, 2.05) is 61.5 Å². The highest BCUT2D eigenvalue weighted by Crippen LogP contribution is 2.38. The van der Waals surface area contributed by atoms with Crippen LogP contribution in [0.15, 0.2) is 77.6 Å². The van der Waals surface area contributed by atoms with E-state index in [4.69, 9.17) is 4.52 Å². The fraction of sp³-hybridized carbons (Fsp3) is 0.125. The van der Waals surface area contributed by atoms with Crippen LogP contribution < -0.4 is 5.32 Å². The molecule has 0 unspecified atom stereocenters. The number of aromatic nitrogens is 2. The largest absolute Gasteiger partial charge is 0.337 e. The van der Waals surface area contributed by atoms with Crippen LogP contribution in [0.5, 0.6) is 0 Å². The monoisotopic (exact) mass is 383 g/mol. The number of nitrogens with one attached hydrogen (secondary N) is 1. The molecular weight excluding hydrogens is 362 g/mol. The first kappa shape index (κ1) is 18.6. The van der Waals surface area contributed by atoms with E-state index in [9.17, 15) is 4.79 Å². The van der Waals surface area contributed by atoms with Crippen LogP contribution in [0.1, 0.15) is 16.7 Å². The first-order valence-electron chi connectivity index (χ1n) is 9.43. The molecule has 0 bridgehead atoms. The summed E-state index contributed by atoms with van der Waals surface area (Å²) >= 11 is 0. The third-order valence-electron chi connectivity index (χ3n) is 4.76. The number of carbonyl (C=O) groups excluding carboxylic acids is 1. The van der Waals surface area contributed by atoms with Crippen molar-refractivity contribution in [1.82, 2.24) is 10.1 Å². The maximum absolute atomic E-state index is 12.6. The molecule has 0 spiro atoms. The fourth-order valence-corrected chi connectivity index (χ4v) is 3.38. The second kappa shape index (κ2) is 8.10. The molecule has 0 aliphatic heterocycles. The van der Waals surface area contributed by atoms with Gasteiger partial charge in [0.05, 0.1) is 12.0 Å². The van der Waals surface area contributed by atoms with Gasteiger partial charge in [-0.1, -0.05) is 59.3 Å². The summed E-state index contributed by atoms with van der Waals surface area (Å²) in [4.78, 5) is 16.7. The second-order valence-electron chi connectivity index (χ2n) is 7.00. The van der Waals surface area contributed by atoms with Crippen LogP contribution in [0.4, 0.5) is 5.88 Å². The lowest BCUT2D eigenvalue weighted by Gasteiger charge is -2.08. The summed E-state index contributed by atoms with van der Waals surface area (Å²) in [6.45, 7) is 4.10. The van der Waals surface area contributed by atoms with Gasteiger partial charge in [-0.3, -0.25) is 15.1 Å². The Hall–Kier alpha value is -3.73. The molecule has 5 heteroatoms. The number of amides is 1. The molecule has 0 aliphatic carbocycles. The van der Waals surface area contributed by atoms with Crippen molar-refractivity contribution in [2.45, 2.75) is 20.3 Å². The van der Waals surface area contributed by atoms with Crippen molar-refractivity contribution in [2.24, 2.45) is 0 Å². The van der Waals surface area contributed by atoms with Crippen molar-refractivity contribution >= 4 is 11.8 Å². The van der Waals surface area contributed by atoms with Crippen molar-refractivity contribution < 1.29 is 9.32 Å². The molecule has 1 amide bonds. The molecule has 0 aliphatic rings. The lowest BCUT2D eigenvalue weighted by atomic mass is 9.97. The second-order valence-corrected chi connectivity index (χ2v) is 7.00. The van der Waals surface area contributed by atoms with E-state index >= 15 is 0 Å². The third kappa shape index (κ3) is 4.09. The van der Waals surface area contributed by atoms with Gasteiger partial charge in [-0.15, -0.1) is 0 Å². The maximum Gasteiger partial charge on any atom is 0.239 e. The van der Waals surface area contributed by atoms with E-state index in [2.05, 4.69) is 28.4 Å². The Kier molecular flexibility index (Phi) is 5.20. The predicted molar refractivity (Wildman–Crippen MR) is 113 cm³/mol. The standard InChI is InChI=1S/C24H21N3O2/c1-16-8-9-20(17(2)14-16)23-22(19-10-12-25-13-11-19)24(29-27-23)26-21(28)15-18-6-4-3-5-7-18/h3-14H,15H2,1-2H3,(H,26,28). The number of benzene rings is 2. The maximum atomic E-state index is 12.6. The quantitative estimate of drug-likeness (QED) is 0.514. The van der Waals surface area contributed by atoms with Crippen molar-refractivity contribution in [3.05, 3.63) is 89.7 Å². The lowest BCUT2D eigenvalue weighted by molar-refractivity contribution is -0.115. The minimum absolute atomic E-state index is 0.158. The van der Waals surface area contributed by atoms with Crippen molar-refractivity contribution in [3.63, 3.8) is 0 Å². The van der Waals surface area contributed by atoms with Gasteiger partial charge in [-0.25, -0.2) is 0 Å².